The summed E-state index contributed by atoms with van der Waals surface area (Å²) in [5.74, 6) is -1.31. The van der Waals surface area contributed by atoms with Crippen LogP contribution in [0.1, 0.15) is 84.7 Å². The molecule has 1 aliphatic rings. The monoisotopic (exact) mass is 461 g/mol. The molecule has 170 valence electrons. The molecule has 0 aliphatic heterocycles. The van der Waals surface area contributed by atoms with Crippen LogP contribution in [0.25, 0.3) is 0 Å². The Labute approximate surface area is 180 Å². The molecule has 0 bridgehead atoms. The van der Waals surface area contributed by atoms with Gasteiger partial charge in [0.2, 0.25) is 5.91 Å². The quantitative estimate of drug-likeness (QED) is 0.439. The Hall–Kier alpha value is -2.43. The summed E-state index contributed by atoms with van der Waals surface area (Å²) in [4.78, 5) is 26.5. The van der Waals surface area contributed by atoms with Crippen molar-refractivity contribution in [1.29, 1.82) is 0 Å². The third-order valence-electron chi connectivity index (χ3n) is 4.93. The second kappa shape index (κ2) is 9.37. The van der Waals surface area contributed by atoms with Crippen LogP contribution in [0.5, 0.6) is 0 Å². The highest BCUT2D eigenvalue weighted by Gasteiger charge is 2.31. The Morgan fingerprint density at radius 3 is 2.42 bits per heavy atom. The summed E-state index contributed by atoms with van der Waals surface area (Å²) in [7, 11) is 0. The van der Waals surface area contributed by atoms with Gasteiger partial charge in [0.25, 0.3) is 12.9 Å². The molecule has 1 unspecified atom stereocenters. The minimum absolute atomic E-state index is 0.272. The summed E-state index contributed by atoms with van der Waals surface area (Å²) < 4.78 is 58.4. The highest BCUT2D eigenvalue weighted by molar-refractivity contribution is 7.17. The van der Waals surface area contributed by atoms with Crippen molar-refractivity contribution in [3.8, 4) is 0 Å². The van der Waals surface area contributed by atoms with E-state index in [1.54, 1.807) is 13.8 Å². The molecule has 0 fully saturated rings. The van der Waals surface area contributed by atoms with Gasteiger partial charge in [0.05, 0.1) is 11.7 Å². The lowest BCUT2D eigenvalue weighted by Crippen LogP contribution is -2.26. The maximum Gasteiger partial charge on any atom is 0.341 e. The summed E-state index contributed by atoms with van der Waals surface area (Å²) in [6.07, 6.45) is -3.20. The van der Waals surface area contributed by atoms with E-state index in [1.165, 1.54) is 18.3 Å². The number of ether oxygens (including phenoxy) is 1. The standard InChI is InChI=1S/C20H23F4N3O3S/c1-9(2)30-20(29)15-11-6-4-5-7-14(11)31-19(15)25-18(28)10(3)27-13(17(23)24)8-12(26-27)16(21)22/h8-10,16-17H,4-7H2,1-3H3,(H,25,28). The zero-order chi connectivity index (χ0) is 22.9. The van der Waals surface area contributed by atoms with E-state index in [0.29, 0.717) is 17.2 Å². The predicted octanol–water partition coefficient (Wildman–Crippen LogP) is 5.46. The number of anilines is 1. The van der Waals surface area contributed by atoms with Crippen molar-refractivity contribution < 1.29 is 31.9 Å². The van der Waals surface area contributed by atoms with Gasteiger partial charge in [0.15, 0.2) is 0 Å². The zero-order valence-electron chi connectivity index (χ0n) is 17.3. The number of halogens is 4. The number of hydrogen-bond donors (Lipinski definition) is 1. The van der Waals surface area contributed by atoms with Crippen molar-refractivity contribution in [2.45, 2.75) is 71.5 Å². The molecule has 1 aliphatic carbocycles. The van der Waals surface area contributed by atoms with E-state index < -0.39 is 42.2 Å². The molecule has 0 radical (unpaired) electrons. The third kappa shape index (κ3) is 4.91. The van der Waals surface area contributed by atoms with Crippen LogP contribution in [0.4, 0.5) is 22.6 Å². The highest BCUT2D eigenvalue weighted by atomic mass is 32.1. The normalized spacial score (nSPS) is 14.8. The largest absolute Gasteiger partial charge is 0.459 e. The molecule has 3 rings (SSSR count). The van der Waals surface area contributed by atoms with Gasteiger partial charge >= 0.3 is 5.97 Å². The highest BCUT2D eigenvalue weighted by Crippen LogP contribution is 2.39. The lowest BCUT2D eigenvalue weighted by atomic mass is 9.95. The van der Waals surface area contributed by atoms with Crippen LogP contribution in [0, 0.1) is 0 Å². The first-order valence-corrected chi connectivity index (χ1v) is 10.7. The number of alkyl halides is 4. The molecule has 0 saturated carbocycles. The molecule has 2 heterocycles. The Morgan fingerprint density at radius 2 is 1.81 bits per heavy atom. The van der Waals surface area contributed by atoms with Gasteiger partial charge in [-0.05, 0) is 58.1 Å². The molecule has 6 nitrogen and oxygen atoms in total. The van der Waals surface area contributed by atoms with Gasteiger partial charge in [-0.2, -0.15) is 5.10 Å². The van der Waals surface area contributed by atoms with E-state index in [1.807, 2.05) is 0 Å². The average Bonchev–Trinajstić information content (AvgIpc) is 3.28. The molecule has 1 N–H and O–H groups in total. The minimum Gasteiger partial charge on any atom is -0.459 e. The number of nitrogens with zero attached hydrogens (tertiary/aromatic N) is 2. The van der Waals surface area contributed by atoms with E-state index in [4.69, 9.17) is 4.74 Å². The summed E-state index contributed by atoms with van der Waals surface area (Å²) in [6.45, 7) is 4.70. The van der Waals surface area contributed by atoms with Crippen LogP contribution in [-0.2, 0) is 22.4 Å². The van der Waals surface area contributed by atoms with E-state index in [9.17, 15) is 27.2 Å². The summed E-state index contributed by atoms with van der Waals surface area (Å²) in [5, 5.41) is 6.38. The molecule has 1 atom stereocenters. The Balaban J connectivity index is 1.91. The van der Waals surface area contributed by atoms with Crippen molar-refractivity contribution in [2.24, 2.45) is 0 Å². The SMILES string of the molecule is CC(C)OC(=O)c1c(NC(=O)C(C)n2nc(C(F)F)cc2C(F)F)sc2c1CCCC2. The van der Waals surface area contributed by atoms with Crippen molar-refractivity contribution >= 4 is 28.2 Å². The maximum absolute atomic E-state index is 13.3. The second-order valence-electron chi connectivity index (χ2n) is 7.57. The van der Waals surface area contributed by atoms with Crippen molar-refractivity contribution in [1.82, 2.24) is 9.78 Å². The zero-order valence-corrected chi connectivity index (χ0v) is 18.1. The molecule has 0 spiro atoms. The molecule has 1 amide bonds. The lowest BCUT2D eigenvalue weighted by Gasteiger charge is -2.16. The molecule has 31 heavy (non-hydrogen) atoms. The number of carbonyl (C=O) groups is 2. The Morgan fingerprint density at radius 1 is 1.13 bits per heavy atom. The van der Waals surface area contributed by atoms with Crippen molar-refractivity contribution in [2.75, 3.05) is 5.32 Å². The molecule has 2 aromatic rings. The van der Waals surface area contributed by atoms with Gasteiger partial charge in [-0.15, -0.1) is 11.3 Å². The number of hydrogen-bond acceptors (Lipinski definition) is 5. The molecule has 0 saturated heterocycles. The second-order valence-corrected chi connectivity index (χ2v) is 8.68. The number of fused-ring (bicyclic) bond motifs is 1. The molecule has 11 heteroatoms. The van der Waals surface area contributed by atoms with E-state index in [-0.39, 0.29) is 16.7 Å². The summed E-state index contributed by atoms with van der Waals surface area (Å²) >= 11 is 1.25. The maximum atomic E-state index is 13.3. The number of esters is 1. The first-order chi connectivity index (χ1) is 14.6. The van der Waals surface area contributed by atoms with Crippen LogP contribution in [0.15, 0.2) is 6.07 Å². The fraction of sp³-hybridized carbons (Fsp3) is 0.550. The predicted molar refractivity (Wildman–Crippen MR) is 107 cm³/mol. The molecule has 2 aromatic heterocycles. The van der Waals surface area contributed by atoms with Gasteiger partial charge in [-0.1, -0.05) is 0 Å². The van der Waals surface area contributed by atoms with Crippen LogP contribution >= 0.6 is 11.3 Å². The number of thiophene rings is 1. The first-order valence-electron chi connectivity index (χ1n) is 9.92. The van der Waals surface area contributed by atoms with Crippen molar-refractivity contribution in [3.05, 3.63) is 33.5 Å². The van der Waals surface area contributed by atoms with E-state index >= 15 is 0 Å². The lowest BCUT2D eigenvalue weighted by molar-refractivity contribution is -0.119. The van der Waals surface area contributed by atoms with Crippen LogP contribution in [0.2, 0.25) is 0 Å². The van der Waals surface area contributed by atoms with Gasteiger partial charge in [0.1, 0.15) is 22.4 Å². The number of rotatable bonds is 7. The van der Waals surface area contributed by atoms with Gasteiger partial charge in [0, 0.05) is 4.88 Å². The van der Waals surface area contributed by atoms with E-state index in [0.717, 1.165) is 29.7 Å². The Bertz CT molecular complexity index is 971. The molecular weight excluding hydrogens is 438 g/mol. The average molecular weight is 461 g/mol. The van der Waals surface area contributed by atoms with Crippen LogP contribution in [0.3, 0.4) is 0 Å². The number of aromatic nitrogens is 2. The van der Waals surface area contributed by atoms with Crippen LogP contribution < -0.4 is 5.32 Å². The van der Waals surface area contributed by atoms with Gasteiger partial charge in [-0.25, -0.2) is 22.4 Å². The van der Waals surface area contributed by atoms with Crippen molar-refractivity contribution in [3.63, 3.8) is 0 Å². The topological polar surface area (TPSA) is 73.2 Å². The number of carbonyl (C=O) groups excluding carboxylic acids is 2. The molecular formula is C20H23F4N3O3S. The number of nitrogens with one attached hydrogen (secondary N) is 1. The smallest absolute Gasteiger partial charge is 0.341 e. The summed E-state index contributed by atoms with van der Waals surface area (Å²) in [6, 6.07) is -0.710. The minimum atomic E-state index is -3.08. The fourth-order valence-corrected chi connectivity index (χ4v) is 4.76. The summed E-state index contributed by atoms with van der Waals surface area (Å²) in [5.41, 5.74) is -0.500. The number of aryl methyl sites for hydroxylation is 1. The first kappa shape index (κ1) is 23.2. The van der Waals surface area contributed by atoms with Gasteiger partial charge in [-0.3, -0.25) is 9.48 Å². The third-order valence-corrected chi connectivity index (χ3v) is 6.14. The molecule has 0 aromatic carbocycles. The van der Waals surface area contributed by atoms with Crippen LogP contribution in [-0.4, -0.2) is 27.8 Å². The van der Waals surface area contributed by atoms with E-state index in [2.05, 4.69) is 10.4 Å². The fourth-order valence-electron chi connectivity index (χ4n) is 3.48. The number of amides is 1. The van der Waals surface area contributed by atoms with Gasteiger partial charge < -0.3 is 10.1 Å². The Kier molecular flexibility index (Phi) is 7.03.